The van der Waals surface area contributed by atoms with Gasteiger partial charge in [-0.1, -0.05) is 29.8 Å². The third kappa shape index (κ3) is 5.47. The zero-order valence-corrected chi connectivity index (χ0v) is 16.3. The second kappa shape index (κ2) is 9.40. The van der Waals surface area contributed by atoms with Crippen LogP contribution in [-0.4, -0.2) is 18.9 Å². The number of methoxy groups -OCH3 is 1. The number of hydrogen-bond acceptors (Lipinski definition) is 3. The van der Waals surface area contributed by atoms with Crippen LogP contribution in [-0.2, 0) is 4.74 Å². The summed E-state index contributed by atoms with van der Waals surface area (Å²) in [6.45, 7) is 7.89. The topological polar surface area (TPSA) is 35.5 Å². The van der Waals surface area contributed by atoms with Crippen LogP contribution in [0.1, 0.15) is 35.4 Å². The van der Waals surface area contributed by atoms with Crippen molar-refractivity contribution in [3.63, 3.8) is 0 Å². The quantitative estimate of drug-likeness (QED) is 0.452. The molecule has 0 aromatic heterocycles. The van der Waals surface area contributed by atoms with E-state index in [2.05, 4.69) is 19.1 Å². The zero-order chi connectivity index (χ0) is 17.0. The maximum Gasteiger partial charge on any atom is 1.00 e. The molecule has 2 aromatic carbocycles. The van der Waals surface area contributed by atoms with Crippen LogP contribution in [0.15, 0.2) is 36.4 Å². The van der Waals surface area contributed by atoms with Crippen LogP contribution in [0.25, 0.3) is 0 Å². The molecule has 0 spiro atoms. The van der Waals surface area contributed by atoms with E-state index < -0.39 is 0 Å². The Bertz CT molecular complexity index is 681. The summed E-state index contributed by atoms with van der Waals surface area (Å²) in [7, 11) is 1.71. The van der Waals surface area contributed by atoms with Gasteiger partial charge in [-0.3, -0.25) is 4.79 Å². The Morgan fingerprint density at radius 1 is 1.08 bits per heavy atom. The van der Waals surface area contributed by atoms with E-state index in [1.807, 2.05) is 45.0 Å². The monoisotopic (exact) mass is 338 g/mol. The summed E-state index contributed by atoms with van der Waals surface area (Å²) in [5.41, 5.74) is 4.32. The van der Waals surface area contributed by atoms with Crippen molar-refractivity contribution < 1.29 is 34.6 Å². The predicted octanol–water partition coefficient (Wildman–Crippen LogP) is 1.24. The molecule has 2 aromatic rings. The second-order valence-corrected chi connectivity index (χ2v) is 6.95. The summed E-state index contributed by atoms with van der Waals surface area (Å²) in [4.78, 5) is 12.6. The van der Waals surface area contributed by atoms with Crippen molar-refractivity contribution in [2.75, 3.05) is 7.11 Å². The molecular formula is C19H24LiO3P. The molecule has 0 bridgehead atoms. The van der Waals surface area contributed by atoms with E-state index in [4.69, 9.17) is 9.47 Å². The molecule has 0 aliphatic heterocycles. The van der Waals surface area contributed by atoms with Crippen LogP contribution in [0.5, 0.6) is 5.75 Å². The maximum atomic E-state index is 12.6. The number of rotatable bonds is 6. The first-order valence-corrected chi connectivity index (χ1v) is 8.59. The fourth-order valence-electron chi connectivity index (χ4n) is 2.59. The molecule has 0 radical (unpaired) electrons. The van der Waals surface area contributed by atoms with Crippen LogP contribution in [0, 0.1) is 20.8 Å². The van der Waals surface area contributed by atoms with Crippen molar-refractivity contribution >= 4 is 19.4 Å². The molecule has 0 saturated heterocycles. The summed E-state index contributed by atoms with van der Waals surface area (Å²) in [6, 6.07) is 11.8. The molecule has 0 aliphatic rings. The summed E-state index contributed by atoms with van der Waals surface area (Å²) >= 11 is 0. The second-order valence-electron chi connectivity index (χ2n) is 5.67. The van der Waals surface area contributed by atoms with Gasteiger partial charge in [0.1, 0.15) is 5.75 Å². The first-order valence-electron chi connectivity index (χ1n) is 7.59. The minimum absolute atomic E-state index is 0. The predicted molar refractivity (Wildman–Crippen MR) is 97.6 cm³/mol. The molecule has 0 fully saturated rings. The van der Waals surface area contributed by atoms with Gasteiger partial charge in [0.25, 0.3) is 0 Å². The van der Waals surface area contributed by atoms with Crippen molar-refractivity contribution in [2.45, 2.75) is 34.0 Å². The van der Waals surface area contributed by atoms with E-state index in [0.29, 0.717) is 0 Å². The fourth-order valence-corrected chi connectivity index (χ4v) is 3.70. The SMILES string of the molecule is COC(C)Oc1ccc(PC(=O)c2c(C)cc(C)cc2C)cc1.[H-].[Li+]. The molecule has 0 saturated carbocycles. The number of hydrogen-bond donors (Lipinski definition) is 0. The number of aryl methyl sites for hydroxylation is 3. The Labute approximate surface area is 159 Å². The van der Waals surface area contributed by atoms with Crippen LogP contribution < -0.4 is 28.9 Å². The third-order valence-electron chi connectivity index (χ3n) is 3.65. The summed E-state index contributed by atoms with van der Waals surface area (Å²) in [5, 5.41) is 1.01. The van der Waals surface area contributed by atoms with Gasteiger partial charge in [0.05, 0.1) is 0 Å². The molecule has 0 heterocycles. The van der Waals surface area contributed by atoms with E-state index >= 15 is 0 Å². The van der Waals surface area contributed by atoms with Crippen molar-refractivity contribution in [3.8, 4) is 5.75 Å². The van der Waals surface area contributed by atoms with Gasteiger partial charge in [-0.15, -0.1) is 0 Å². The van der Waals surface area contributed by atoms with Crippen molar-refractivity contribution in [1.82, 2.24) is 0 Å². The first-order chi connectivity index (χ1) is 10.9. The molecule has 2 rings (SSSR count). The molecular weight excluding hydrogens is 314 g/mol. The Morgan fingerprint density at radius 3 is 2.12 bits per heavy atom. The van der Waals surface area contributed by atoms with E-state index in [1.165, 1.54) is 5.56 Å². The average molecular weight is 338 g/mol. The maximum absolute atomic E-state index is 12.6. The standard InChI is InChI=1S/C19H23O3P.Li.H/c1-12-10-13(2)18(14(3)11-12)19(20)23-17-8-6-16(7-9-17)22-15(4)21-5;;/h6-11,15,23H,1-5H3;;/q;+1;-1. The van der Waals surface area contributed by atoms with E-state index in [-0.39, 0.29) is 40.7 Å². The molecule has 0 N–H and O–H groups in total. The van der Waals surface area contributed by atoms with Crippen LogP contribution in [0.4, 0.5) is 0 Å². The fraction of sp³-hybridized carbons (Fsp3) is 0.316. The molecule has 5 heteroatoms. The molecule has 0 amide bonds. The normalized spacial score (nSPS) is 12.0. The van der Waals surface area contributed by atoms with Gasteiger partial charge in [-0.2, -0.15) is 0 Å². The van der Waals surface area contributed by atoms with Crippen LogP contribution in [0.3, 0.4) is 0 Å². The zero-order valence-electron chi connectivity index (χ0n) is 16.3. The van der Waals surface area contributed by atoms with Gasteiger partial charge in [0.15, 0.2) is 11.8 Å². The van der Waals surface area contributed by atoms with Crippen molar-refractivity contribution in [1.29, 1.82) is 0 Å². The van der Waals surface area contributed by atoms with Crippen molar-refractivity contribution in [3.05, 3.63) is 58.7 Å². The largest absolute Gasteiger partial charge is 1.00 e. The van der Waals surface area contributed by atoms with E-state index in [9.17, 15) is 4.79 Å². The Kier molecular flexibility index (Phi) is 8.20. The van der Waals surface area contributed by atoms with Gasteiger partial charge in [0, 0.05) is 12.7 Å². The van der Waals surface area contributed by atoms with Gasteiger partial charge in [0.2, 0.25) is 0 Å². The molecule has 0 aliphatic carbocycles. The van der Waals surface area contributed by atoms with Gasteiger partial charge in [-0.05, 0) is 64.8 Å². The number of benzene rings is 2. The Hall–Kier alpha value is -1.10. The van der Waals surface area contributed by atoms with Crippen LogP contribution in [0.2, 0.25) is 0 Å². The van der Waals surface area contributed by atoms with Gasteiger partial charge in [-0.25, -0.2) is 0 Å². The Balaban J connectivity index is 0.00000288. The smallest absolute Gasteiger partial charge is 1.00 e. The van der Waals surface area contributed by atoms with Crippen molar-refractivity contribution in [2.24, 2.45) is 0 Å². The molecule has 2 unspecified atom stereocenters. The van der Waals surface area contributed by atoms with E-state index in [0.717, 1.165) is 27.7 Å². The van der Waals surface area contributed by atoms with E-state index in [1.54, 1.807) is 7.11 Å². The minimum atomic E-state index is -0.289. The minimum Gasteiger partial charge on any atom is -1.00 e. The summed E-state index contributed by atoms with van der Waals surface area (Å²) in [5.74, 6) is 0.739. The molecule has 2 atom stereocenters. The van der Waals surface area contributed by atoms with Crippen LogP contribution >= 0.6 is 8.58 Å². The molecule has 3 nitrogen and oxygen atoms in total. The molecule has 24 heavy (non-hydrogen) atoms. The Morgan fingerprint density at radius 2 is 1.62 bits per heavy atom. The first kappa shape index (κ1) is 20.9. The number of carbonyl (C=O) groups is 1. The average Bonchev–Trinajstić information content (AvgIpc) is 2.48. The number of ether oxygens (including phenoxy) is 2. The molecule has 124 valence electrons. The van der Waals surface area contributed by atoms with Gasteiger partial charge >= 0.3 is 18.9 Å². The number of carbonyl (C=O) groups excluding carboxylic acids is 1. The summed E-state index contributed by atoms with van der Waals surface area (Å²) in [6.07, 6.45) is -0.289. The van der Waals surface area contributed by atoms with Gasteiger partial charge < -0.3 is 10.9 Å². The third-order valence-corrected chi connectivity index (χ3v) is 4.75. The summed E-state index contributed by atoms with van der Waals surface area (Å²) < 4.78 is 10.6.